The lowest BCUT2D eigenvalue weighted by atomic mass is 9.82. The molecule has 4 rings (SSSR count). The molecule has 0 unspecified atom stereocenters. The number of H-pyrrole nitrogens is 1. The SMILES string of the molecule is CC1(C)OB(c2cn[nH]c2)OC1(C)C.CC1(C)OB(c2cnn(S(C)(=O)=O)c2)OC1(C)C.CS(=O)(=O)Cl. The Bertz CT molecular complexity index is 1240. The molecule has 0 aromatic carbocycles. The van der Waals surface area contributed by atoms with E-state index in [1.54, 1.807) is 12.4 Å². The minimum absolute atomic E-state index is 0.283. The number of aromatic nitrogens is 4. The number of nitrogens with zero attached hydrogens (tertiary/aromatic N) is 3. The molecule has 0 bridgehead atoms. The van der Waals surface area contributed by atoms with Crippen LogP contribution in [-0.4, -0.2) is 85.4 Å². The van der Waals surface area contributed by atoms with Crippen molar-refractivity contribution in [3.8, 4) is 0 Å². The Balaban J connectivity index is 0.000000225. The van der Waals surface area contributed by atoms with Crippen LogP contribution in [0.15, 0.2) is 24.8 Å². The summed E-state index contributed by atoms with van der Waals surface area (Å²) >= 11 is 0. The fraction of sp³-hybridized carbons (Fsp3) is 0.700. The number of nitrogens with one attached hydrogen (secondary N) is 1. The zero-order chi connectivity index (χ0) is 28.7. The van der Waals surface area contributed by atoms with Gasteiger partial charge in [-0.1, -0.05) is 0 Å². The van der Waals surface area contributed by atoms with Crippen molar-refractivity contribution < 1.29 is 35.5 Å². The number of rotatable bonds is 3. The van der Waals surface area contributed by atoms with Gasteiger partial charge in [-0.3, -0.25) is 5.10 Å². The Hall–Kier alpha value is -1.42. The second kappa shape index (κ2) is 10.6. The van der Waals surface area contributed by atoms with Crippen LogP contribution in [0.1, 0.15) is 55.4 Å². The third-order valence-electron chi connectivity index (χ3n) is 6.49. The van der Waals surface area contributed by atoms with Crippen molar-refractivity contribution in [2.45, 2.75) is 77.8 Å². The third kappa shape index (κ3) is 8.28. The van der Waals surface area contributed by atoms with Crippen LogP contribution in [0.3, 0.4) is 0 Å². The molecular formula is C20H35B2ClN4O8S2. The average Bonchev–Trinajstić information content (AvgIpc) is 3.42. The molecular weight excluding hydrogens is 545 g/mol. The van der Waals surface area contributed by atoms with Gasteiger partial charge in [-0.2, -0.15) is 14.3 Å². The van der Waals surface area contributed by atoms with E-state index in [1.807, 2.05) is 55.4 Å². The van der Waals surface area contributed by atoms with E-state index in [-0.39, 0.29) is 18.3 Å². The Morgan fingerprint density at radius 2 is 1.16 bits per heavy atom. The standard InChI is InChI=1S/C10H17BN2O4S.C9H15BN2O2.CH3ClO2S/c1-9(2)10(3,4)17-11(16-9)8-6-12-13(7-8)18(5,14)15;1-8(2)9(3,4)14-10(13-8)7-5-11-12-6-7;1-5(2,3)4/h6-7H,1-5H3;5-6H,1-4H3,(H,11,12);1H3. The van der Waals surface area contributed by atoms with Gasteiger partial charge in [0.25, 0.3) is 10.0 Å². The lowest BCUT2D eigenvalue weighted by molar-refractivity contribution is 0.00578. The first-order valence-electron chi connectivity index (χ1n) is 11.3. The summed E-state index contributed by atoms with van der Waals surface area (Å²) < 4.78 is 65.6. The summed E-state index contributed by atoms with van der Waals surface area (Å²) in [5.41, 5.74) is 0.0577. The van der Waals surface area contributed by atoms with Gasteiger partial charge in [0.2, 0.25) is 9.05 Å². The molecule has 2 aliphatic rings. The molecule has 0 aliphatic carbocycles. The fourth-order valence-corrected chi connectivity index (χ4v) is 3.50. The number of hydrogen-bond acceptors (Lipinski definition) is 10. The van der Waals surface area contributed by atoms with Gasteiger partial charge in [0.15, 0.2) is 0 Å². The largest absolute Gasteiger partial charge is 0.498 e. The molecule has 0 radical (unpaired) electrons. The number of hydrogen-bond donors (Lipinski definition) is 1. The molecule has 1 N–H and O–H groups in total. The molecule has 17 heteroatoms. The van der Waals surface area contributed by atoms with Crippen molar-refractivity contribution in [2.24, 2.45) is 0 Å². The van der Waals surface area contributed by atoms with Crippen molar-refractivity contribution in [3.63, 3.8) is 0 Å². The first kappa shape index (κ1) is 31.8. The van der Waals surface area contributed by atoms with Gasteiger partial charge >= 0.3 is 14.2 Å². The average molecular weight is 581 g/mol. The van der Waals surface area contributed by atoms with Gasteiger partial charge in [0.05, 0.1) is 34.9 Å². The van der Waals surface area contributed by atoms with Gasteiger partial charge in [-0.05, 0) is 55.4 Å². The first-order chi connectivity index (χ1) is 16.5. The van der Waals surface area contributed by atoms with Crippen molar-refractivity contribution >= 4 is 54.9 Å². The molecule has 2 fully saturated rings. The normalized spacial score (nSPS) is 21.6. The molecule has 2 aliphatic heterocycles. The first-order valence-corrected chi connectivity index (χ1v) is 15.9. The maximum Gasteiger partial charge on any atom is 0.498 e. The van der Waals surface area contributed by atoms with E-state index in [9.17, 15) is 16.8 Å². The number of halogens is 1. The molecule has 0 atom stereocenters. The highest BCUT2D eigenvalue weighted by Crippen LogP contribution is 2.37. The maximum absolute atomic E-state index is 11.3. The van der Waals surface area contributed by atoms with E-state index in [4.69, 9.17) is 18.6 Å². The van der Waals surface area contributed by atoms with E-state index >= 15 is 0 Å². The summed E-state index contributed by atoms with van der Waals surface area (Å²) in [7, 11) is -2.97. The lowest BCUT2D eigenvalue weighted by Gasteiger charge is -2.32. The molecule has 0 saturated carbocycles. The van der Waals surface area contributed by atoms with Crippen LogP contribution in [0, 0.1) is 0 Å². The summed E-state index contributed by atoms with van der Waals surface area (Å²) in [6.45, 7) is 15.9. The van der Waals surface area contributed by atoms with Crippen molar-refractivity contribution in [1.82, 2.24) is 19.4 Å². The Kier molecular flexibility index (Phi) is 9.13. The Labute approximate surface area is 224 Å². The Morgan fingerprint density at radius 1 is 0.784 bits per heavy atom. The van der Waals surface area contributed by atoms with Crippen LogP contribution in [-0.2, 0) is 37.7 Å². The van der Waals surface area contributed by atoms with Crippen molar-refractivity contribution in [3.05, 3.63) is 24.8 Å². The Morgan fingerprint density at radius 3 is 1.46 bits per heavy atom. The van der Waals surface area contributed by atoms with E-state index in [0.29, 0.717) is 5.46 Å². The summed E-state index contributed by atoms with van der Waals surface area (Å²) in [6, 6.07) is 0. The van der Waals surface area contributed by atoms with Crippen molar-refractivity contribution in [1.29, 1.82) is 0 Å². The summed E-state index contributed by atoms with van der Waals surface area (Å²) in [6.07, 6.45) is 8.40. The van der Waals surface area contributed by atoms with E-state index in [1.165, 1.54) is 12.4 Å². The van der Waals surface area contributed by atoms with E-state index in [2.05, 4.69) is 26.0 Å². The van der Waals surface area contributed by atoms with Gasteiger partial charge in [-0.25, -0.2) is 16.8 Å². The minimum Gasteiger partial charge on any atom is -0.399 e. The van der Waals surface area contributed by atoms with Gasteiger partial charge < -0.3 is 18.6 Å². The lowest BCUT2D eigenvalue weighted by Crippen LogP contribution is -2.41. The number of aromatic amines is 1. The molecule has 208 valence electrons. The smallest absolute Gasteiger partial charge is 0.399 e. The predicted molar refractivity (Wildman–Crippen MR) is 143 cm³/mol. The van der Waals surface area contributed by atoms with Crippen LogP contribution < -0.4 is 10.9 Å². The van der Waals surface area contributed by atoms with E-state index in [0.717, 1.165) is 22.1 Å². The molecule has 2 aromatic heterocycles. The molecule has 37 heavy (non-hydrogen) atoms. The zero-order valence-electron chi connectivity index (χ0n) is 22.8. The highest BCUT2D eigenvalue weighted by atomic mass is 35.7. The van der Waals surface area contributed by atoms with Crippen LogP contribution in [0.2, 0.25) is 0 Å². The zero-order valence-corrected chi connectivity index (χ0v) is 25.2. The summed E-state index contributed by atoms with van der Waals surface area (Å²) in [4.78, 5) is 0. The topological polar surface area (TPSA) is 152 Å². The summed E-state index contributed by atoms with van der Waals surface area (Å²) in [5, 5.41) is 10.4. The second-order valence-corrected chi connectivity index (χ2v) is 15.7. The molecule has 0 spiro atoms. The third-order valence-corrected chi connectivity index (χ3v) is 7.37. The van der Waals surface area contributed by atoms with Gasteiger partial charge in [0, 0.05) is 46.4 Å². The highest BCUT2D eigenvalue weighted by Gasteiger charge is 2.53. The van der Waals surface area contributed by atoms with Crippen LogP contribution in [0.25, 0.3) is 0 Å². The quantitative estimate of drug-likeness (QED) is 0.409. The molecule has 0 amide bonds. The molecule has 12 nitrogen and oxygen atoms in total. The molecule has 2 saturated heterocycles. The highest BCUT2D eigenvalue weighted by molar-refractivity contribution is 8.13. The van der Waals surface area contributed by atoms with Crippen molar-refractivity contribution in [2.75, 3.05) is 12.5 Å². The second-order valence-electron chi connectivity index (χ2n) is 10.8. The maximum atomic E-state index is 11.3. The van der Waals surface area contributed by atoms with Crippen LogP contribution in [0.5, 0.6) is 0 Å². The predicted octanol–water partition coefficient (Wildman–Crippen LogP) is 0.884. The summed E-state index contributed by atoms with van der Waals surface area (Å²) in [5.74, 6) is 0. The van der Waals surface area contributed by atoms with Gasteiger partial charge in [-0.15, -0.1) is 0 Å². The van der Waals surface area contributed by atoms with E-state index < -0.39 is 37.4 Å². The fourth-order valence-electron chi connectivity index (χ4n) is 2.97. The monoisotopic (exact) mass is 580 g/mol. The van der Waals surface area contributed by atoms with Crippen LogP contribution in [0.4, 0.5) is 0 Å². The van der Waals surface area contributed by atoms with Gasteiger partial charge in [0.1, 0.15) is 0 Å². The molecule has 2 aromatic rings. The molecule has 4 heterocycles. The van der Waals surface area contributed by atoms with Crippen LogP contribution >= 0.6 is 10.7 Å². The minimum atomic E-state index is -3.37.